The van der Waals surface area contributed by atoms with Gasteiger partial charge in [0.2, 0.25) is 0 Å². The summed E-state index contributed by atoms with van der Waals surface area (Å²) in [7, 11) is 1.64. The number of alkyl halides is 2. The van der Waals surface area contributed by atoms with Crippen molar-refractivity contribution in [1.82, 2.24) is 9.78 Å². The maximum Gasteiger partial charge on any atom is 0.283 e. The van der Waals surface area contributed by atoms with Gasteiger partial charge in [-0.2, -0.15) is 5.10 Å². The van der Waals surface area contributed by atoms with Gasteiger partial charge in [-0.05, 0) is 44.6 Å². The number of aryl methyl sites for hydroxylation is 1. The Balaban J connectivity index is 2.93. The monoisotopic (exact) mass is 446 g/mol. The minimum absolute atomic E-state index is 0.163. The van der Waals surface area contributed by atoms with Crippen LogP contribution in [-0.2, 0) is 18.2 Å². The second-order valence-corrected chi connectivity index (χ2v) is 5.28. The highest BCUT2D eigenvalue weighted by Gasteiger charge is 2.20. The molecule has 0 aliphatic carbocycles. The minimum atomic E-state index is -2.52. The van der Waals surface area contributed by atoms with Crippen LogP contribution in [-0.4, -0.2) is 9.78 Å². The molecule has 0 radical (unpaired) electrons. The van der Waals surface area contributed by atoms with Gasteiger partial charge < -0.3 is 4.52 Å². The molecule has 0 fully saturated rings. The Bertz CT molecular complexity index is 321. The molecule has 0 aromatic carbocycles. The minimum Gasteiger partial charge on any atom is -0.346 e. The van der Waals surface area contributed by atoms with Crippen LogP contribution in [0.1, 0.15) is 17.8 Å². The molecule has 14 heavy (non-hydrogen) atoms. The number of aromatic nitrogens is 2. The van der Waals surface area contributed by atoms with E-state index >= 15 is 0 Å². The van der Waals surface area contributed by atoms with Gasteiger partial charge in [0.1, 0.15) is 5.69 Å². The van der Waals surface area contributed by atoms with Gasteiger partial charge in [-0.15, -0.1) is 0 Å². The van der Waals surface area contributed by atoms with E-state index in [2.05, 4.69) is 27.1 Å². The van der Waals surface area contributed by atoms with Crippen LogP contribution in [0.3, 0.4) is 0 Å². The maximum absolute atomic E-state index is 12.4. The van der Waals surface area contributed by atoms with E-state index in [4.69, 9.17) is 4.52 Å². The molecule has 0 aliphatic heterocycles. The first kappa shape index (κ1) is 13.0. The number of rotatable bonds is 4. The molecule has 1 unspecified atom stereocenters. The van der Waals surface area contributed by atoms with Gasteiger partial charge in [0.25, 0.3) is 6.43 Å². The van der Waals surface area contributed by atoms with E-state index in [9.17, 15) is 8.78 Å². The predicted octanol–water partition coefficient (Wildman–Crippen LogP) is 3.42. The molecule has 0 spiro atoms. The Hall–Kier alpha value is 0.920. The molecular formula is C6H7F2I2N2OP. The second kappa shape index (κ2) is 5.86. The summed E-state index contributed by atoms with van der Waals surface area (Å²) < 4.78 is 32.0. The van der Waals surface area contributed by atoms with Crippen LogP contribution in [0.25, 0.3) is 0 Å². The Kier molecular flexibility index (Phi) is 5.43. The lowest BCUT2D eigenvalue weighted by molar-refractivity contribution is 0.144. The zero-order chi connectivity index (χ0) is 10.7. The fourth-order valence-corrected chi connectivity index (χ4v) is 2.45. The molecule has 0 N–H and O–H groups in total. The van der Waals surface area contributed by atoms with Gasteiger partial charge >= 0.3 is 0 Å². The van der Waals surface area contributed by atoms with Gasteiger partial charge in [0.15, 0.2) is 0 Å². The first-order valence-electron chi connectivity index (χ1n) is 3.54. The lowest BCUT2D eigenvalue weighted by Crippen LogP contribution is -1.99. The molecule has 1 aromatic heterocycles. The van der Waals surface area contributed by atoms with Crippen molar-refractivity contribution < 1.29 is 13.3 Å². The van der Waals surface area contributed by atoms with Gasteiger partial charge in [-0.3, -0.25) is 4.68 Å². The van der Waals surface area contributed by atoms with Crippen LogP contribution in [0.5, 0.6) is 0 Å². The van der Waals surface area contributed by atoms with Crippen molar-refractivity contribution in [3.05, 3.63) is 15.0 Å². The Labute approximate surface area is 108 Å². The fraction of sp³-hybridized carbons (Fsp3) is 0.500. The SMILES string of the molecule is Cn1nc(C(F)F)c(I)c1COPI. The van der Waals surface area contributed by atoms with Crippen LogP contribution in [0, 0.1) is 3.57 Å². The molecule has 80 valence electrons. The lowest BCUT2D eigenvalue weighted by Gasteiger charge is -2.01. The summed E-state index contributed by atoms with van der Waals surface area (Å²) in [6.07, 6.45) is -2.52. The maximum atomic E-state index is 12.4. The predicted molar refractivity (Wildman–Crippen MR) is 68.0 cm³/mol. The van der Waals surface area contributed by atoms with Crippen molar-refractivity contribution in [2.24, 2.45) is 7.05 Å². The normalized spacial score (nSPS) is 12.1. The lowest BCUT2D eigenvalue weighted by atomic mass is 10.4. The molecule has 1 aromatic rings. The topological polar surface area (TPSA) is 27.1 Å². The summed E-state index contributed by atoms with van der Waals surface area (Å²) in [6.45, 7) is 0.647. The van der Waals surface area contributed by atoms with E-state index in [1.54, 1.807) is 7.05 Å². The highest BCUT2D eigenvalue weighted by molar-refractivity contribution is 14.2. The van der Waals surface area contributed by atoms with Crippen molar-refractivity contribution in [2.75, 3.05) is 0 Å². The molecule has 0 amide bonds. The van der Waals surface area contributed by atoms with Crippen molar-refractivity contribution in [1.29, 1.82) is 0 Å². The van der Waals surface area contributed by atoms with Crippen LogP contribution in [0.4, 0.5) is 8.78 Å². The van der Waals surface area contributed by atoms with E-state index in [1.807, 2.05) is 22.6 Å². The number of nitrogens with zero attached hydrogens (tertiary/aromatic N) is 2. The van der Waals surface area contributed by atoms with E-state index < -0.39 is 6.43 Å². The molecule has 1 rings (SSSR count). The first-order valence-corrected chi connectivity index (χ1v) is 8.65. The van der Waals surface area contributed by atoms with Gasteiger partial charge in [0.05, 0.1) is 22.3 Å². The standard InChI is InChI=1S/C6H7F2I2N2OP/c1-12-3(2-13-14-10)4(9)5(11-12)6(7)8/h6,14H,2H2,1H3. The third kappa shape index (κ3) is 2.96. The Morgan fingerprint density at radius 1 is 1.64 bits per heavy atom. The van der Waals surface area contributed by atoms with E-state index in [0.29, 0.717) is 22.3 Å². The smallest absolute Gasteiger partial charge is 0.283 e. The zero-order valence-corrected chi connectivity index (χ0v) is 12.4. The van der Waals surface area contributed by atoms with Gasteiger partial charge in [-0.25, -0.2) is 8.78 Å². The Morgan fingerprint density at radius 3 is 2.71 bits per heavy atom. The quantitative estimate of drug-likeness (QED) is 0.524. The molecule has 8 heteroatoms. The van der Waals surface area contributed by atoms with Crippen molar-refractivity contribution in [3.8, 4) is 0 Å². The largest absolute Gasteiger partial charge is 0.346 e. The Morgan fingerprint density at radius 2 is 2.29 bits per heavy atom. The summed E-state index contributed by atoms with van der Waals surface area (Å²) in [4.78, 5) is 0. The van der Waals surface area contributed by atoms with E-state index in [-0.39, 0.29) is 5.69 Å². The molecule has 0 bridgehead atoms. The fourth-order valence-electron chi connectivity index (χ4n) is 0.948. The van der Waals surface area contributed by atoms with Crippen molar-refractivity contribution >= 4 is 51.1 Å². The molecular weight excluding hydrogens is 439 g/mol. The molecule has 1 heterocycles. The molecule has 0 saturated carbocycles. The summed E-state index contributed by atoms with van der Waals surface area (Å²) in [5, 5.41) is 3.74. The average molecular weight is 446 g/mol. The highest BCUT2D eigenvalue weighted by Crippen LogP contribution is 2.29. The van der Waals surface area contributed by atoms with Crippen LogP contribution in [0.15, 0.2) is 0 Å². The van der Waals surface area contributed by atoms with E-state index in [0.717, 1.165) is 0 Å². The van der Waals surface area contributed by atoms with Crippen molar-refractivity contribution in [2.45, 2.75) is 13.0 Å². The third-order valence-corrected chi connectivity index (χ3v) is 3.96. The van der Waals surface area contributed by atoms with Crippen molar-refractivity contribution in [3.63, 3.8) is 0 Å². The molecule has 0 saturated heterocycles. The van der Waals surface area contributed by atoms with Crippen LogP contribution in [0.2, 0.25) is 0 Å². The summed E-state index contributed by atoms with van der Waals surface area (Å²) in [5.41, 5.74) is 0.536. The van der Waals surface area contributed by atoms with Crippen LogP contribution >= 0.6 is 51.1 Å². The first-order chi connectivity index (χ1) is 6.57. The molecule has 0 aliphatic rings. The summed E-state index contributed by atoms with van der Waals surface area (Å²) in [6, 6.07) is 0. The number of halogens is 4. The molecule has 1 atom stereocenters. The number of hydrogen-bond donors (Lipinski definition) is 0. The molecule has 3 nitrogen and oxygen atoms in total. The van der Waals surface area contributed by atoms with Crippen LogP contribution < -0.4 is 0 Å². The van der Waals surface area contributed by atoms with Gasteiger partial charge in [-0.1, -0.05) is 0 Å². The second-order valence-electron chi connectivity index (χ2n) is 2.44. The summed E-state index contributed by atoms with van der Waals surface area (Å²) >= 11 is 3.96. The third-order valence-electron chi connectivity index (χ3n) is 1.60. The zero-order valence-electron chi connectivity index (χ0n) is 7.10. The number of hydrogen-bond acceptors (Lipinski definition) is 2. The van der Waals surface area contributed by atoms with Gasteiger partial charge in [0, 0.05) is 7.05 Å². The summed E-state index contributed by atoms with van der Waals surface area (Å²) in [5.74, 6) is 0. The van der Waals surface area contributed by atoms with E-state index in [1.165, 1.54) is 4.68 Å². The average Bonchev–Trinajstić information content (AvgIpc) is 2.40. The highest BCUT2D eigenvalue weighted by atomic mass is 127.